The number of hydrogen-bond donors (Lipinski definition) is 2. The highest BCUT2D eigenvalue weighted by Crippen LogP contribution is 2.52. The first-order valence-corrected chi connectivity index (χ1v) is 23.2. The molecule has 2 saturated heterocycles. The van der Waals surface area contributed by atoms with E-state index < -0.39 is 50.2 Å². The quantitative estimate of drug-likeness (QED) is 0.0543. The number of fused-ring (bicyclic) bond motifs is 2. The highest BCUT2D eigenvalue weighted by molar-refractivity contribution is 7.47. The summed E-state index contributed by atoms with van der Waals surface area (Å²) in [6.07, 6.45) is 18.7. The zero-order chi connectivity index (χ0) is 42.3. The van der Waals surface area contributed by atoms with E-state index >= 15 is 0 Å². The molecule has 2 fully saturated rings. The van der Waals surface area contributed by atoms with E-state index in [4.69, 9.17) is 45.3 Å². The maximum Gasteiger partial charge on any atom is 0.472 e. The molecule has 0 aliphatic carbocycles. The van der Waals surface area contributed by atoms with Gasteiger partial charge in [0, 0.05) is 5.02 Å². The van der Waals surface area contributed by atoms with Gasteiger partial charge in [-0.25, -0.2) is 14.1 Å². The average Bonchev–Trinajstić information content (AvgIpc) is 3.87. The minimum atomic E-state index is -4.75. The van der Waals surface area contributed by atoms with Crippen LogP contribution < -0.4 is 5.73 Å². The van der Waals surface area contributed by atoms with Crippen molar-refractivity contribution in [2.75, 3.05) is 18.9 Å². The third-order valence-corrected chi connectivity index (χ3v) is 12.2. The SMILES string of the molecule is CCCCCCCCCCCCCCCCCC[C@H](COP(=O)(O)OC[C@@]1(C#N)O[C@@H](c2ccc3c(N)ncnn23)[C@@H]2OC(C)(C)O[C@@H]21)OCc1cc(Cl)cc(C#N)c1. The van der Waals surface area contributed by atoms with Gasteiger partial charge in [0.15, 0.2) is 11.6 Å². The van der Waals surface area contributed by atoms with Crippen molar-refractivity contribution in [2.45, 2.75) is 172 Å². The second kappa shape index (κ2) is 22.6. The van der Waals surface area contributed by atoms with E-state index in [-0.39, 0.29) is 19.0 Å². The molecule has 2 aromatic heterocycles. The maximum atomic E-state index is 13.4. The monoisotopic (exact) mass is 856 g/mol. The van der Waals surface area contributed by atoms with Crippen LogP contribution in [0.5, 0.6) is 0 Å². The summed E-state index contributed by atoms with van der Waals surface area (Å²) < 4.78 is 50.9. The summed E-state index contributed by atoms with van der Waals surface area (Å²) in [5, 5.41) is 24.6. The van der Waals surface area contributed by atoms with Crippen LogP contribution in [0.2, 0.25) is 5.02 Å². The number of ether oxygens (including phenoxy) is 4. The fraction of sp³-hybridized carbons (Fsp3) is 0.674. The van der Waals surface area contributed by atoms with E-state index in [9.17, 15) is 20.0 Å². The van der Waals surface area contributed by atoms with Crippen molar-refractivity contribution in [3.63, 3.8) is 0 Å². The number of nitriles is 2. The van der Waals surface area contributed by atoms with Crippen LogP contribution in [-0.4, -0.2) is 62.4 Å². The lowest BCUT2D eigenvalue weighted by molar-refractivity contribution is -0.204. The van der Waals surface area contributed by atoms with Crippen molar-refractivity contribution < 1.29 is 37.5 Å². The highest BCUT2D eigenvalue weighted by atomic mass is 35.5. The van der Waals surface area contributed by atoms with Crippen LogP contribution >= 0.6 is 19.4 Å². The van der Waals surface area contributed by atoms with Gasteiger partial charge in [0.05, 0.1) is 36.6 Å². The summed E-state index contributed by atoms with van der Waals surface area (Å²) in [6.45, 7) is 4.90. The number of phosphoric ester groups is 1. The Balaban J connectivity index is 1.12. The lowest BCUT2D eigenvalue weighted by atomic mass is 9.96. The first-order chi connectivity index (χ1) is 28.4. The molecule has 4 heterocycles. The van der Waals surface area contributed by atoms with Crippen molar-refractivity contribution in [3.8, 4) is 12.1 Å². The molecule has 0 amide bonds. The largest absolute Gasteiger partial charge is 0.472 e. The van der Waals surface area contributed by atoms with Gasteiger partial charge >= 0.3 is 7.82 Å². The van der Waals surface area contributed by atoms with E-state index in [1.165, 1.54) is 89.8 Å². The Kier molecular flexibility index (Phi) is 18.0. The molecule has 6 atom stereocenters. The van der Waals surface area contributed by atoms with Gasteiger partial charge in [0.25, 0.3) is 0 Å². The van der Waals surface area contributed by atoms with Crippen LogP contribution in [0.4, 0.5) is 5.82 Å². The van der Waals surface area contributed by atoms with Gasteiger partial charge in [0.2, 0.25) is 5.60 Å². The zero-order valence-corrected chi connectivity index (χ0v) is 36.5. The minimum absolute atomic E-state index is 0.118. The minimum Gasteiger partial charge on any atom is -0.382 e. The summed E-state index contributed by atoms with van der Waals surface area (Å²) >= 11 is 6.23. The van der Waals surface area contributed by atoms with Crippen molar-refractivity contribution in [1.29, 1.82) is 10.5 Å². The molecule has 1 aromatic carbocycles. The van der Waals surface area contributed by atoms with Crippen LogP contribution in [0.25, 0.3) is 5.52 Å². The van der Waals surface area contributed by atoms with E-state index in [0.717, 1.165) is 19.3 Å². The van der Waals surface area contributed by atoms with Gasteiger partial charge in [-0.2, -0.15) is 15.6 Å². The number of aromatic nitrogens is 3. The van der Waals surface area contributed by atoms with Gasteiger partial charge in [-0.15, -0.1) is 0 Å². The molecule has 3 N–H and O–H groups in total. The smallest absolute Gasteiger partial charge is 0.382 e. The molecule has 16 heteroatoms. The summed E-state index contributed by atoms with van der Waals surface area (Å²) in [7, 11) is -4.75. The number of anilines is 1. The third-order valence-electron chi connectivity index (χ3n) is 11.0. The highest BCUT2D eigenvalue weighted by Gasteiger charge is 2.65. The van der Waals surface area contributed by atoms with Crippen LogP contribution in [0.1, 0.15) is 153 Å². The first kappa shape index (κ1) is 46.9. The fourth-order valence-electron chi connectivity index (χ4n) is 7.93. The van der Waals surface area contributed by atoms with Crippen molar-refractivity contribution >= 4 is 30.8 Å². The van der Waals surface area contributed by atoms with Crippen molar-refractivity contribution in [1.82, 2.24) is 14.6 Å². The number of hydrogen-bond acceptors (Lipinski definition) is 12. The van der Waals surface area contributed by atoms with Gasteiger partial charge in [-0.1, -0.05) is 121 Å². The van der Waals surface area contributed by atoms with Crippen molar-refractivity contribution in [3.05, 3.63) is 58.5 Å². The normalized spacial score (nSPS) is 22.5. The fourth-order valence-corrected chi connectivity index (χ4v) is 8.97. The van der Waals surface area contributed by atoms with E-state index in [1.54, 1.807) is 48.7 Å². The Morgan fingerprint density at radius 2 is 1.58 bits per heavy atom. The van der Waals surface area contributed by atoms with Crippen LogP contribution in [-0.2, 0) is 39.2 Å². The molecule has 324 valence electrons. The molecule has 2 aliphatic rings. The number of phosphoric acid groups is 1. The molecular formula is C43H62ClN6O8P. The third kappa shape index (κ3) is 13.7. The lowest BCUT2D eigenvalue weighted by Gasteiger charge is -2.29. The van der Waals surface area contributed by atoms with Gasteiger partial charge < -0.3 is 29.6 Å². The Hall–Kier alpha value is -3.14. The van der Waals surface area contributed by atoms with E-state index in [1.807, 2.05) is 0 Å². The first-order valence-electron chi connectivity index (χ1n) is 21.3. The van der Waals surface area contributed by atoms with Gasteiger partial charge in [-0.05, 0) is 56.2 Å². The maximum absolute atomic E-state index is 13.4. The predicted molar refractivity (Wildman–Crippen MR) is 224 cm³/mol. The second-order valence-corrected chi connectivity index (χ2v) is 18.2. The molecule has 14 nitrogen and oxygen atoms in total. The molecule has 59 heavy (non-hydrogen) atoms. The standard InChI is InChI=1S/C43H62ClN6O8P/c1-4-5-6-7-8-9-10-11-12-13-14-15-16-17-18-19-20-35(53-27-33-23-32(26-45)24-34(44)25-33)28-54-59(51,52)55-30-43(29-46)40-39(56-42(2,3)58-40)38(57-43)36-21-22-37-41(47)48-31-49-50(36)37/h21-25,31,35,38-40H,4-20,27-28,30H2,1-3H3,(H,51,52)(H2,47,48,49)/t35-,38+,39+,40+,43-/m1/s1. The van der Waals surface area contributed by atoms with Crippen LogP contribution in [0, 0.1) is 22.7 Å². The second-order valence-electron chi connectivity index (χ2n) is 16.3. The molecule has 3 aromatic rings. The number of benzene rings is 1. The number of rotatable bonds is 27. The molecular weight excluding hydrogens is 795 g/mol. The molecule has 1 unspecified atom stereocenters. The number of nitrogens with two attached hydrogens (primary N) is 1. The van der Waals surface area contributed by atoms with Crippen molar-refractivity contribution in [2.24, 2.45) is 0 Å². The topological polar surface area (TPSA) is 196 Å². The Morgan fingerprint density at radius 3 is 2.20 bits per heavy atom. The molecule has 5 rings (SSSR count). The molecule has 0 spiro atoms. The van der Waals surface area contributed by atoms with Gasteiger partial charge in [-0.3, -0.25) is 9.05 Å². The average molecular weight is 857 g/mol. The molecule has 2 aliphatic heterocycles. The van der Waals surface area contributed by atoms with Gasteiger partial charge in [0.1, 0.15) is 42.8 Å². The Morgan fingerprint density at radius 1 is 0.932 bits per heavy atom. The number of unbranched alkanes of at least 4 members (excludes halogenated alkanes) is 15. The summed E-state index contributed by atoms with van der Waals surface area (Å²) in [5.74, 6) is -0.830. The number of nitrogens with zero attached hydrogens (tertiary/aromatic N) is 5. The molecule has 0 bridgehead atoms. The molecule has 0 radical (unpaired) electrons. The Labute approximate surface area is 354 Å². The van der Waals surface area contributed by atoms with E-state index in [2.05, 4.69) is 29.1 Å². The van der Waals surface area contributed by atoms with Crippen LogP contribution in [0.3, 0.4) is 0 Å². The molecule has 0 saturated carbocycles. The van der Waals surface area contributed by atoms with Crippen LogP contribution in [0.15, 0.2) is 36.7 Å². The summed E-state index contributed by atoms with van der Waals surface area (Å²) in [6, 6.07) is 12.7. The summed E-state index contributed by atoms with van der Waals surface area (Å²) in [5.41, 5.74) is 6.38. The number of halogens is 1. The number of nitrogen functional groups attached to an aromatic ring is 1. The Bertz CT molecular complexity index is 1920. The zero-order valence-electron chi connectivity index (χ0n) is 34.9. The summed E-state index contributed by atoms with van der Waals surface area (Å²) in [4.78, 5) is 15.0. The lowest BCUT2D eigenvalue weighted by Crippen LogP contribution is -2.45. The van der Waals surface area contributed by atoms with E-state index in [0.29, 0.717) is 33.8 Å². The predicted octanol–water partition coefficient (Wildman–Crippen LogP) is 10.1.